The van der Waals surface area contributed by atoms with E-state index in [1.807, 2.05) is 37.4 Å². The summed E-state index contributed by atoms with van der Waals surface area (Å²) in [6, 6.07) is 13.9. The molecular weight excluding hydrogens is 356 g/mol. The second-order valence-electron chi connectivity index (χ2n) is 6.72. The number of rotatable bonds is 5. The lowest BCUT2D eigenvalue weighted by atomic mass is 10.2. The van der Waals surface area contributed by atoms with Gasteiger partial charge >= 0.3 is 6.09 Å². The third-order valence-electron chi connectivity index (χ3n) is 4.76. The third-order valence-corrected chi connectivity index (χ3v) is 4.76. The second kappa shape index (κ2) is 9.21. The highest BCUT2D eigenvalue weighted by atomic mass is 16.6. The molecule has 0 radical (unpaired) electrons. The van der Waals surface area contributed by atoms with Crippen molar-refractivity contribution in [3.8, 4) is 0 Å². The minimum absolute atomic E-state index is 0.113. The first-order valence-corrected chi connectivity index (χ1v) is 9.50. The van der Waals surface area contributed by atoms with Gasteiger partial charge in [0.2, 0.25) is 0 Å². The van der Waals surface area contributed by atoms with Crippen LogP contribution in [0.2, 0.25) is 0 Å². The summed E-state index contributed by atoms with van der Waals surface area (Å²) in [6.07, 6.45) is 1.34. The van der Waals surface area contributed by atoms with Gasteiger partial charge in [0.25, 0.3) is 5.91 Å². The maximum atomic E-state index is 12.8. The first kappa shape index (κ1) is 19.7. The molecule has 0 bridgehead atoms. The van der Waals surface area contributed by atoms with Gasteiger partial charge in [-0.1, -0.05) is 30.3 Å². The third kappa shape index (κ3) is 4.79. The molecule has 0 spiro atoms. The Balaban J connectivity index is 1.62. The monoisotopic (exact) mass is 382 g/mol. The number of carbonyl (C=O) groups is 2. The molecule has 0 saturated carbocycles. The van der Waals surface area contributed by atoms with Crippen molar-refractivity contribution in [2.75, 3.05) is 44.7 Å². The Labute approximate surface area is 165 Å². The van der Waals surface area contributed by atoms with E-state index < -0.39 is 0 Å². The van der Waals surface area contributed by atoms with Gasteiger partial charge in [-0.2, -0.15) is 0 Å². The van der Waals surface area contributed by atoms with Crippen molar-refractivity contribution in [3.63, 3.8) is 0 Å². The highest BCUT2D eigenvalue weighted by Gasteiger charge is 2.26. The van der Waals surface area contributed by atoms with Crippen molar-refractivity contribution < 1.29 is 14.3 Å². The van der Waals surface area contributed by atoms with Crippen LogP contribution in [-0.4, -0.2) is 66.6 Å². The number of anilines is 1. The molecule has 2 amide bonds. The molecule has 1 saturated heterocycles. The summed E-state index contributed by atoms with van der Waals surface area (Å²) in [6.45, 7) is 4.77. The molecule has 0 atom stereocenters. The predicted octanol–water partition coefficient (Wildman–Crippen LogP) is 2.63. The molecule has 0 aliphatic carbocycles. The zero-order valence-electron chi connectivity index (χ0n) is 16.4. The quantitative estimate of drug-likeness (QED) is 0.795. The van der Waals surface area contributed by atoms with Gasteiger partial charge in [0.15, 0.2) is 0 Å². The Morgan fingerprint density at radius 3 is 2.43 bits per heavy atom. The summed E-state index contributed by atoms with van der Waals surface area (Å²) in [5.41, 5.74) is 2.55. The largest absolute Gasteiger partial charge is 0.450 e. The number of amides is 2. The fourth-order valence-electron chi connectivity index (χ4n) is 3.19. The minimum atomic E-state index is -0.322. The SMILES string of the molecule is CCOC(=O)N1CCN(C(=O)c2cc(N(C)Cc3ccccc3)ccn2)CC1. The van der Waals surface area contributed by atoms with E-state index in [-0.39, 0.29) is 12.0 Å². The van der Waals surface area contributed by atoms with Crippen LogP contribution in [0.25, 0.3) is 0 Å². The van der Waals surface area contributed by atoms with Crippen LogP contribution >= 0.6 is 0 Å². The van der Waals surface area contributed by atoms with Gasteiger partial charge in [0.1, 0.15) is 5.69 Å². The van der Waals surface area contributed by atoms with E-state index >= 15 is 0 Å². The van der Waals surface area contributed by atoms with E-state index in [0.717, 1.165) is 12.2 Å². The number of piperazine rings is 1. The molecular formula is C21H26N4O3. The summed E-state index contributed by atoms with van der Waals surface area (Å²) in [7, 11) is 1.99. The normalized spacial score (nSPS) is 13.9. The predicted molar refractivity (Wildman–Crippen MR) is 107 cm³/mol. The average Bonchev–Trinajstić information content (AvgIpc) is 2.74. The Morgan fingerprint density at radius 1 is 1.07 bits per heavy atom. The smallest absolute Gasteiger partial charge is 0.409 e. The lowest BCUT2D eigenvalue weighted by Gasteiger charge is -2.34. The van der Waals surface area contributed by atoms with E-state index in [2.05, 4.69) is 22.0 Å². The molecule has 1 aliphatic rings. The molecule has 0 N–H and O–H groups in total. The summed E-state index contributed by atoms with van der Waals surface area (Å²) in [4.78, 5) is 34.4. The zero-order chi connectivity index (χ0) is 19.9. The van der Waals surface area contributed by atoms with Crippen LogP contribution in [0.1, 0.15) is 23.0 Å². The zero-order valence-corrected chi connectivity index (χ0v) is 16.4. The number of carbonyl (C=O) groups excluding carboxylic acids is 2. The van der Waals surface area contributed by atoms with E-state index in [0.29, 0.717) is 38.5 Å². The summed E-state index contributed by atoms with van der Waals surface area (Å²) >= 11 is 0. The number of aromatic nitrogens is 1. The second-order valence-corrected chi connectivity index (χ2v) is 6.72. The molecule has 1 aromatic heterocycles. The topological polar surface area (TPSA) is 66.0 Å². The fraction of sp³-hybridized carbons (Fsp3) is 0.381. The molecule has 2 heterocycles. The molecule has 3 rings (SSSR count). The van der Waals surface area contributed by atoms with Gasteiger partial charge in [0.05, 0.1) is 6.61 Å². The van der Waals surface area contributed by atoms with E-state index in [1.165, 1.54) is 5.56 Å². The van der Waals surface area contributed by atoms with Crippen LogP contribution in [-0.2, 0) is 11.3 Å². The molecule has 1 aliphatic heterocycles. The van der Waals surface area contributed by atoms with Crippen LogP contribution in [0.5, 0.6) is 0 Å². The van der Waals surface area contributed by atoms with Gasteiger partial charge in [-0.05, 0) is 24.6 Å². The standard InChI is InChI=1S/C21H26N4O3/c1-3-28-21(27)25-13-11-24(12-14-25)20(26)19-15-18(9-10-22-19)23(2)16-17-7-5-4-6-8-17/h4-10,15H,3,11-14,16H2,1-2H3. The Bertz CT molecular complexity index is 804. The van der Waals surface area contributed by atoms with Crippen LogP contribution in [0, 0.1) is 0 Å². The molecule has 0 unspecified atom stereocenters. The number of hydrogen-bond donors (Lipinski definition) is 0. The fourth-order valence-corrected chi connectivity index (χ4v) is 3.19. The van der Waals surface area contributed by atoms with Crippen LogP contribution in [0.4, 0.5) is 10.5 Å². The van der Waals surface area contributed by atoms with Crippen LogP contribution in [0.3, 0.4) is 0 Å². The highest BCUT2D eigenvalue weighted by Crippen LogP contribution is 2.17. The van der Waals surface area contributed by atoms with Crippen molar-refractivity contribution >= 4 is 17.7 Å². The Morgan fingerprint density at radius 2 is 1.75 bits per heavy atom. The molecule has 2 aromatic rings. The number of nitrogens with zero attached hydrogens (tertiary/aromatic N) is 4. The Hall–Kier alpha value is -3.09. The van der Waals surface area contributed by atoms with Crippen molar-refractivity contribution in [1.82, 2.24) is 14.8 Å². The molecule has 7 nitrogen and oxygen atoms in total. The molecule has 28 heavy (non-hydrogen) atoms. The molecule has 148 valence electrons. The summed E-state index contributed by atoms with van der Waals surface area (Å²) < 4.78 is 5.02. The van der Waals surface area contributed by atoms with Gasteiger partial charge < -0.3 is 19.4 Å². The van der Waals surface area contributed by atoms with E-state index in [1.54, 1.807) is 22.9 Å². The lowest BCUT2D eigenvalue weighted by Crippen LogP contribution is -2.50. The van der Waals surface area contributed by atoms with Crippen molar-refractivity contribution in [1.29, 1.82) is 0 Å². The van der Waals surface area contributed by atoms with Crippen molar-refractivity contribution in [2.24, 2.45) is 0 Å². The maximum Gasteiger partial charge on any atom is 0.409 e. The summed E-state index contributed by atoms with van der Waals surface area (Å²) in [5.74, 6) is -0.113. The van der Waals surface area contributed by atoms with E-state index in [9.17, 15) is 9.59 Å². The number of benzene rings is 1. The molecule has 1 fully saturated rings. The first-order chi connectivity index (χ1) is 13.6. The van der Waals surface area contributed by atoms with Gasteiger partial charge in [0, 0.05) is 51.7 Å². The highest BCUT2D eigenvalue weighted by molar-refractivity contribution is 5.93. The molecule has 1 aromatic carbocycles. The van der Waals surface area contributed by atoms with Gasteiger partial charge in [-0.25, -0.2) is 4.79 Å². The minimum Gasteiger partial charge on any atom is -0.450 e. The van der Waals surface area contributed by atoms with E-state index in [4.69, 9.17) is 4.74 Å². The van der Waals surface area contributed by atoms with Crippen LogP contribution in [0.15, 0.2) is 48.7 Å². The maximum absolute atomic E-state index is 12.8. The number of hydrogen-bond acceptors (Lipinski definition) is 5. The number of ether oxygens (including phenoxy) is 1. The Kier molecular flexibility index (Phi) is 6.47. The van der Waals surface area contributed by atoms with Gasteiger partial charge in [-0.3, -0.25) is 9.78 Å². The van der Waals surface area contributed by atoms with Crippen LogP contribution < -0.4 is 4.90 Å². The lowest BCUT2D eigenvalue weighted by molar-refractivity contribution is 0.0566. The first-order valence-electron chi connectivity index (χ1n) is 9.50. The number of pyridine rings is 1. The van der Waals surface area contributed by atoms with Gasteiger partial charge in [-0.15, -0.1) is 0 Å². The summed E-state index contributed by atoms with van der Waals surface area (Å²) in [5, 5.41) is 0. The van der Waals surface area contributed by atoms with Crippen molar-refractivity contribution in [2.45, 2.75) is 13.5 Å². The van der Waals surface area contributed by atoms with Crippen molar-refractivity contribution in [3.05, 3.63) is 59.9 Å². The molecule has 7 heteroatoms. The average molecular weight is 382 g/mol.